The monoisotopic (exact) mass is 413 g/mol. The standard InChI is InChI=1S/C20H17F2N5O3/c1-12(28)14-4-2-3-13(7-14)8-25-27-19(29)17-11-23-10-16(26-17)15-5-6-18(24-9-15)30-20(21)22/h2-12,20,28H,1H3,(H,27,29)/b25-8+. The van der Waals surface area contributed by atoms with E-state index < -0.39 is 18.6 Å². The van der Waals surface area contributed by atoms with E-state index in [0.717, 1.165) is 5.56 Å². The second-order valence-electron chi connectivity index (χ2n) is 6.10. The summed E-state index contributed by atoms with van der Waals surface area (Å²) in [6, 6.07) is 9.81. The van der Waals surface area contributed by atoms with Crippen LogP contribution in [0, 0.1) is 0 Å². The number of carbonyl (C=O) groups is 1. The molecule has 0 spiro atoms. The highest BCUT2D eigenvalue weighted by molar-refractivity contribution is 5.93. The van der Waals surface area contributed by atoms with Crippen LogP contribution in [0.4, 0.5) is 8.78 Å². The molecule has 0 saturated carbocycles. The highest BCUT2D eigenvalue weighted by Crippen LogP contribution is 2.19. The lowest BCUT2D eigenvalue weighted by Crippen LogP contribution is -2.19. The first-order chi connectivity index (χ1) is 14.4. The topological polar surface area (TPSA) is 110 Å². The maximum absolute atomic E-state index is 12.3. The molecule has 3 aromatic rings. The lowest BCUT2D eigenvalue weighted by atomic mass is 10.1. The van der Waals surface area contributed by atoms with Gasteiger partial charge in [0.25, 0.3) is 5.91 Å². The van der Waals surface area contributed by atoms with Gasteiger partial charge in [-0.2, -0.15) is 13.9 Å². The molecule has 1 unspecified atom stereocenters. The van der Waals surface area contributed by atoms with Gasteiger partial charge in [0, 0.05) is 17.8 Å². The molecule has 0 fully saturated rings. The number of alkyl halides is 2. The van der Waals surface area contributed by atoms with Crippen molar-refractivity contribution in [2.45, 2.75) is 19.6 Å². The summed E-state index contributed by atoms with van der Waals surface area (Å²) < 4.78 is 28.6. The fourth-order valence-electron chi connectivity index (χ4n) is 2.43. The van der Waals surface area contributed by atoms with Gasteiger partial charge in [-0.3, -0.25) is 9.78 Å². The van der Waals surface area contributed by atoms with E-state index in [1.807, 2.05) is 0 Å². The zero-order valence-corrected chi connectivity index (χ0v) is 15.7. The van der Waals surface area contributed by atoms with Gasteiger partial charge in [0.05, 0.1) is 30.4 Å². The molecule has 0 aliphatic heterocycles. The van der Waals surface area contributed by atoms with Gasteiger partial charge in [-0.1, -0.05) is 18.2 Å². The molecule has 2 N–H and O–H groups in total. The lowest BCUT2D eigenvalue weighted by molar-refractivity contribution is -0.0528. The van der Waals surface area contributed by atoms with Crippen LogP contribution in [0.5, 0.6) is 5.88 Å². The minimum Gasteiger partial charge on any atom is -0.417 e. The third kappa shape index (κ3) is 5.61. The van der Waals surface area contributed by atoms with Gasteiger partial charge in [0.1, 0.15) is 5.69 Å². The molecule has 2 heterocycles. The summed E-state index contributed by atoms with van der Waals surface area (Å²) in [5.41, 5.74) is 4.58. The first kappa shape index (κ1) is 20.9. The van der Waals surface area contributed by atoms with Crippen LogP contribution in [-0.4, -0.2) is 38.8 Å². The van der Waals surface area contributed by atoms with Crippen LogP contribution in [0.2, 0.25) is 0 Å². The van der Waals surface area contributed by atoms with E-state index in [1.165, 1.54) is 36.9 Å². The number of amides is 1. The van der Waals surface area contributed by atoms with E-state index in [-0.39, 0.29) is 11.6 Å². The van der Waals surface area contributed by atoms with Gasteiger partial charge in [0.2, 0.25) is 5.88 Å². The largest absolute Gasteiger partial charge is 0.417 e. The van der Waals surface area contributed by atoms with Crippen molar-refractivity contribution in [1.82, 2.24) is 20.4 Å². The number of aromatic nitrogens is 3. The number of benzene rings is 1. The number of rotatable bonds is 7. The number of aliphatic hydroxyl groups excluding tert-OH is 1. The van der Waals surface area contributed by atoms with E-state index in [4.69, 9.17) is 0 Å². The Bertz CT molecular complexity index is 1040. The Morgan fingerprint density at radius 3 is 2.77 bits per heavy atom. The smallest absolute Gasteiger partial charge is 0.388 e. The van der Waals surface area contributed by atoms with Crippen molar-refractivity contribution >= 4 is 12.1 Å². The number of nitrogens with one attached hydrogen (secondary N) is 1. The molecule has 3 rings (SSSR count). The van der Waals surface area contributed by atoms with Gasteiger partial charge in [-0.15, -0.1) is 0 Å². The van der Waals surface area contributed by atoms with E-state index in [1.54, 1.807) is 31.2 Å². The number of nitrogens with zero attached hydrogens (tertiary/aromatic N) is 4. The number of hydrogen-bond donors (Lipinski definition) is 2. The lowest BCUT2D eigenvalue weighted by Gasteiger charge is -2.06. The number of aliphatic hydroxyl groups is 1. The average molecular weight is 413 g/mol. The third-order valence-corrected chi connectivity index (χ3v) is 3.88. The molecule has 0 radical (unpaired) electrons. The second kappa shape index (κ2) is 9.61. The molecule has 154 valence electrons. The summed E-state index contributed by atoms with van der Waals surface area (Å²) in [7, 11) is 0. The predicted octanol–water partition coefficient (Wildman–Crippen LogP) is 2.96. The number of hydrazone groups is 1. The average Bonchev–Trinajstić information content (AvgIpc) is 2.74. The minimum absolute atomic E-state index is 0.00953. The quantitative estimate of drug-likeness (QED) is 0.455. The van der Waals surface area contributed by atoms with Crippen LogP contribution in [0.25, 0.3) is 11.3 Å². The van der Waals surface area contributed by atoms with Gasteiger partial charge < -0.3 is 9.84 Å². The van der Waals surface area contributed by atoms with Crippen LogP contribution in [0.1, 0.15) is 34.6 Å². The van der Waals surface area contributed by atoms with Gasteiger partial charge in [0.15, 0.2) is 0 Å². The number of pyridine rings is 1. The van der Waals surface area contributed by atoms with Crippen LogP contribution in [0.15, 0.2) is 60.1 Å². The van der Waals surface area contributed by atoms with Crippen molar-refractivity contribution in [3.63, 3.8) is 0 Å². The number of carbonyl (C=O) groups excluding carboxylic acids is 1. The Labute approximate surface area is 170 Å². The molecule has 2 aromatic heterocycles. The molecular formula is C20H17F2N5O3. The Morgan fingerprint density at radius 2 is 2.07 bits per heavy atom. The molecule has 0 aliphatic rings. The molecule has 1 atom stereocenters. The Morgan fingerprint density at radius 1 is 1.23 bits per heavy atom. The summed E-state index contributed by atoms with van der Waals surface area (Å²) in [6.45, 7) is -1.32. The Hall–Kier alpha value is -3.79. The van der Waals surface area contributed by atoms with Crippen LogP contribution >= 0.6 is 0 Å². The summed E-state index contributed by atoms with van der Waals surface area (Å²) in [5.74, 6) is -0.817. The van der Waals surface area contributed by atoms with Crippen LogP contribution in [-0.2, 0) is 0 Å². The van der Waals surface area contributed by atoms with Crippen LogP contribution < -0.4 is 10.2 Å². The number of hydrogen-bond acceptors (Lipinski definition) is 7. The summed E-state index contributed by atoms with van der Waals surface area (Å²) >= 11 is 0. The SMILES string of the molecule is CC(O)c1cccc(/C=N/NC(=O)c2cncc(-c3ccc(OC(F)F)nc3)n2)c1. The normalized spacial score (nSPS) is 12.2. The zero-order valence-electron chi connectivity index (χ0n) is 15.7. The molecular weight excluding hydrogens is 396 g/mol. The van der Waals surface area contributed by atoms with E-state index in [0.29, 0.717) is 16.8 Å². The Balaban J connectivity index is 1.68. The third-order valence-electron chi connectivity index (χ3n) is 3.88. The molecule has 10 heteroatoms. The molecule has 1 amide bonds. The van der Waals surface area contributed by atoms with Crippen molar-refractivity contribution in [3.05, 3.63) is 71.8 Å². The van der Waals surface area contributed by atoms with Crippen molar-refractivity contribution in [2.24, 2.45) is 5.10 Å². The minimum atomic E-state index is -2.97. The van der Waals surface area contributed by atoms with Gasteiger partial charge >= 0.3 is 6.61 Å². The molecule has 0 saturated heterocycles. The predicted molar refractivity (Wildman–Crippen MR) is 104 cm³/mol. The van der Waals surface area contributed by atoms with Gasteiger partial charge in [-0.25, -0.2) is 15.4 Å². The fraction of sp³-hybridized carbons (Fsp3) is 0.150. The summed E-state index contributed by atoms with van der Waals surface area (Å²) in [4.78, 5) is 24.2. The molecule has 8 nitrogen and oxygen atoms in total. The van der Waals surface area contributed by atoms with Crippen molar-refractivity contribution in [3.8, 4) is 17.1 Å². The molecule has 0 bridgehead atoms. The van der Waals surface area contributed by atoms with Crippen molar-refractivity contribution < 1.29 is 23.4 Å². The van der Waals surface area contributed by atoms with Crippen molar-refractivity contribution in [1.29, 1.82) is 0 Å². The molecule has 0 aliphatic carbocycles. The second-order valence-corrected chi connectivity index (χ2v) is 6.10. The highest BCUT2D eigenvalue weighted by atomic mass is 19.3. The van der Waals surface area contributed by atoms with Crippen LogP contribution in [0.3, 0.4) is 0 Å². The number of ether oxygens (including phenoxy) is 1. The molecule has 1 aromatic carbocycles. The maximum Gasteiger partial charge on any atom is 0.388 e. The zero-order chi connectivity index (χ0) is 21.5. The fourth-order valence-corrected chi connectivity index (χ4v) is 2.43. The summed E-state index contributed by atoms with van der Waals surface area (Å²) in [5, 5.41) is 13.5. The first-order valence-corrected chi connectivity index (χ1v) is 8.77. The van der Waals surface area contributed by atoms with E-state index in [2.05, 4.69) is 30.2 Å². The van der Waals surface area contributed by atoms with Gasteiger partial charge in [-0.05, 0) is 30.2 Å². The highest BCUT2D eigenvalue weighted by Gasteiger charge is 2.11. The molecule has 30 heavy (non-hydrogen) atoms. The van der Waals surface area contributed by atoms with Crippen molar-refractivity contribution in [2.75, 3.05) is 0 Å². The maximum atomic E-state index is 12.3. The van der Waals surface area contributed by atoms with E-state index in [9.17, 15) is 18.7 Å². The first-order valence-electron chi connectivity index (χ1n) is 8.77. The summed E-state index contributed by atoms with van der Waals surface area (Å²) in [6.07, 6.45) is 4.79. The number of halogens is 2. The van der Waals surface area contributed by atoms with E-state index >= 15 is 0 Å². The Kier molecular flexibility index (Phi) is 6.71.